The number of carbonyl (C=O) groups is 1. The first-order chi connectivity index (χ1) is 11.9. The Morgan fingerprint density at radius 2 is 2.04 bits per heavy atom. The molecule has 0 saturated heterocycles. The molecule has 0 spiro atoms. The Kier molecular flexibility index (Phi) is 5.09. The molecular formula is C21H25NO2S. The maximum atomic E-state index is 12.9. The quantitative estimate of drug-likeness (QED) is 0.772. The number of ether oxygens (including phenoxy) is 1. The molecule has 1 amide bonds. The van der Waals surface area contributed by atoms with Crippen molar-refractivity contribution >= 4 is 17.7 Å². The molecule has 0 aliphatic carbocycles. The maximum absolute atomic E-state index is 12.9. The number of rotatable bonds is 4. The Bertz CT molecular complexity index is 785. The van der Waals surface area contributed by atoms with Crippen LogP contribution in [-0.4, -0.2) is 17.3 Å². The van der Waals surface area contributed by atoms with Crippen molar-refractivity contribution < 1.29 is 9.53 Å². The molecule has 0 bridgehead atoms. The minimum Gasteiger partial charge on any atom is -0.487 e. The van der Waals surface area contributed by atoms with Gasteiger partial charge in [0.1, 0.15) is 11.4 Å². The van der Waals surface area contributed by atoms with E-state index < -0.39 is 0 Å². The van der Waals surface area contributed by atoms with Crippen LogP contribution in [0.25, 0.3) is 0 Å². The molecule has 132 valence electrons. The summed E-state index contributed by atoms with van der Waals surface area (Å²) >= 11 is 1.69. The van der Waals surface area contributed by atoms with Gasteiger partial charge in [0.15, 0.2) is 0 Å². The average molecular weight is 356 g/mol. The zero-order valence-electron chi connectivity index (χ0n) is 15.3. The lowest BCUT2D eigenvalue weighted by Crippen LogP contribution is -2.41. The predicted octanol–water partition coefficient (Wildman–Crippen LogP) is 5.14. The highest BCUT2D eigenvalue weighted by Crippen LogP contribution is 2.40. The zero-order valence-corrected chi connectivity index (χ0v) is 16.1. The molecule has 1 atom stereocenters. The monoisotopic (exact) mass is 355 g/mol. The summed E-state index contributed by atoms with van der Waals surface area (Å²) in [5.74, 6) is 1.79. The van der Waals surface area contributed by atoms with Gasteiger partial charge in [-0.2, -0.15) is 0 Å². The van der Waals surface area contributed by atoms with Gasteiger partial charge in [-0.15, -0.1) is 11.8 Å². The van der Waals surface area contributed by atoms with Crippen molar-refractivity contribution in [2.24, 2.45) is 0 Å². The van der Waals surface area contributed by atoms with Crippen LogP contribution in [0.4, 0.5) is 0 Å². The standard InChI is InChI=1S/C21H25NO2S/c1-5-25-19-9-7-6-8-16(19)20(23)22-17-13-21(3,4)24-18-12-14(2)10-11-15(17)18/h6-12,17H,5,13H2,1-4H3,(H,22,23)/t17-/m0/s1. The average Bonchev–Trinajstić information content (AvgIpc) is 2.54. The van der Waals surface area contributed by atoms with Gasteiger partial charge in [-0.25, -0.2) is 0 Å². The van der Waals surface area contributed by atoms with Gasteiger partial charge < -0.3 is 10.1 Å². The van der Waals surface area contributed by atoms with Crippen molar-refractivity contribution in [3.8, 4) is 5.75 Å². The second-order valence-corrected chi connectivity index (χ2v) is 8.37. The minimum atomic E-state index is -0.309. The molecule has 0 aromatic heterocycles. The van der Waals surface area contributed by atoms with E-state index in [1.54, 1.807) is 11.8 Å². The zero-order chi connectivity index (χ0) is 18.0. The van der Waals surface area contributed by atoms with Crippen molar-refractivity contribution in [1.29, 1.82) is 0 Å². The Balaban J connectivity index is 1.89. The molecule has 1 N–H and O–H groups in total. The van der Waals surface area contributed by atoms with Gasteiger partial charge in [-0.05, 0) is 50.3 Å². The van der Waals surface area contributed by atoms with E-state index in [2.05, 4.69) is 51.2 Å². The first kappa shape index (κ1) is 17.9. The fourth-order valence-corrected chi connectivity index (χ4v) is 4.06. The van der Waals surface area contributed by atoms with E-state index in [0.717, 1.165) is 39.5 Å². The molecule has 0 fully saturated rings. The van der Waals surface area contributed by atoms with Gasteiger partial charge in [-0.1, -0.05) is 31.2 Å². The largest absolute Gasteiger partial charge is 0.487 e. The van der Waals surface area contributed by atoms with Crippen LogP contribution < -0.4 is 10.1 Å². The van der Waals surface area contributed by atoms with Crippen LogP contribution in [0.3, 0.4) is 0 Å². The van der Waals surface area contributed by atoms with Gasteiger partial charge in [-0.3, -0.25) is 4.79 Å². The lowest BCUT2D eigenvalue weighted by Gasteiger charge is -2.38. The van der Waals surface area contributed by atoms with Gasteiger partial charge in [0, 0.05) is 16.9 Å². The predicted molar refractivity (Wildman–Crippen MR) is 104 cm³/mol. The lowest BCUT2D eigenvalue weighted by atomic mass is 9.89. The minimum absolute atomic E-state index is 0.0224. The van der Waals surface area contributed by atoms with Crippen molar-refractivity contribution in [3.63, 3.8) is 0 Å². The Morgan fingerprint density at radius 3 is 2.80 bits per heavy atom. The second-order valence-electron chi connectivity index (χ2n) is 7.06. The van der Waals surface area contributed by atoms with E-state index in [1.807, 2.05) is 24.3 Å². The summed E-state index contributed by atoms with van der Waals surface area (Å²) in [5.41, 5.74) is 2.65. The smallest absolute Gasteiger partial charge is 0.252 e. The third-order valence-electron chi connectivity index (χ3n) is 4.36. The molecule has 0 unspecified atom stereocenters. The Labute approximate surface area is 154 Å². The summed E-state index contributed by atoms with van der Waals surface area (Å²) in [6.45, 7) is 8.28. The molecule has 0 saturated carbocycles. The lowest BCUT2D eigenvalue weighted by molar-refractivity contribution is 0.0618. The van der Waals surface area contributed by atoms with Crippen LogP contribution in [0, 0.1) is 6.92 Å². The van der Waals surface area contributed by atoms with E-state index in [-0.39, 0.29) is 17.6 Å². The molecule has 0 radical (unpaired) electrons. The third-order valence-corrected chi connectivity index (χ3v) is 5.32. The highest BCUT2D eigenvalue weighted by Gasteiger charge is 2.34. The van der Waals surface area contributed by atoms with E-state index >= 15 is 0 Å². The van der Waals surface area contributed by atoms with Gasteiger partial charge in [0.05, 0.1) is 11.6 Å². The maximum Gasteiger partial charge on any atom is 0.252 e. The second kappa shape index (κ2) is 7.12. The first-order valence-electron chi connectivity index (χ1n) is 8.72. The number of fused-ring (bicyclic) bond motifs is 1. The fraction of sp³-hybridized carbons (Fsp3) is 0.381. The van der Waals surface area contributed by atoms with E-state index in [9.17, 15) is 4.79 Å². The van der Waals surface area contributed by atoms with Gasteiger partial charge in [0.25, 0.3) is 5.91 Å². The normalized spacial score (nSPS) is 18.2. The van der Waals surface area contributed by atoms with Crippen molar-refractivity contribution in [1.82, 2.24) is 5.32 Å². The van der Waals surface area contributed by atoms with E-state index in [4.69, 9.17) is 4.74 Å². The van der Waals surface area contributed by atoms with E-state index in [1.165, 1.54) is 0 Å². The number of benzene rings is 2. The van der Waals surface area contributed by atoms with Crippen LogP contribution in [-0.2, 0) is 0 Å². The number of nitrogens with one attached hydrogen (secondary N) is 1. The molecule has 3 rings (SSSR count). The summed E-state index contributed by atoms with van der Waals surface area (Å²) in [6, 6.07) is 13.9. The molecule has 1 aliphatic heterocycles. The number of aryl methyl sites for hydroxylation is 1. The van der Waals surface area contributed by atoms with E-state index in [0.29, 0.717) is 0 Å². The number of carbonyl (C=O) groups excluding carboxylic acids is 1. The van der Waals surface area contributed by atoms with Crippen LogP contribution in [0.5, 0.6) is 5.75 Å². The summed E-state index contributed by atoms with van der Waals surface area (Å²) in [6.07, 6.45) is 0.748. The van der Waals surface area contributed by atoms with Crippen LogP contribution in [0.2, 0.25) is 0 Å². The van der Waals surface area contributed by atoms with Crippen LogP contribution in [0.15, 0.2) is 47.4 Å². The number of hydrogen-bond donors (Lipinski definition) is 1. The fourth-order valence-electron chi connectivity index (χ4n) is 3.26. The van der Waals surface area contributed by atoms with Crippen molar-refractivity contribution in [2.45, 2.75) is 50.7 Å². The Morgan fingerprint density at radius 1 is 1.28 bits per heavy atom. The molecule has 3 nitrogen and oxygen atoms in total. The Hall–Kier alpha value is -1.94. The molecule has 2 aromatic carbocycles. The summed E-state index contributed by atoms with van der Waals surface area (Å²) in [5, 5.41) is 3.23. The van der Waals surface area contributed by atoms with Crippen molar-refractivity contribution in [3.05, 3.63) is 59.2 Å². The third kappa shape index (κ3) is 4.01. The summed E-state index contributed by atoms with van der Waals surface area (Å²) in [7, 11) is 0. The van der Waals surface area contributed by atoms with Gasteiger partial charge >= 0.3 is 0 Å². The van der Waals surface area contributed by atoms with Gasteiger partial charge in [0.2, 0.25) is 0 Å². The number of hydrogen-bond acceptors (Lipinski definition) is 3. The topological polar surface area (TPSA) is 38.3 Å². The van der Waals surface area contributed by atoms with Crippen LogP contribution in [0.1, 0.15) is 54.7 Å². The first-order valence-corrected chi connectivity index (χ1v) is 9.70. The summed E-state index contributed by atoms with van der Waals surface area (Å²) < 4.78 is 6.12. The summed E-state index contributed by atoms with van der Waals surface area (Å²) in [4.78, 5) is 14.0. The molecule has 1 aliphatic rings. The van der Waals surface area contributed by atoms with Crippen molar-refractivity contribution in [2.75, 3.05) is 5.75 Å². The number of amides is 1. The molecular weight excluding hydrogens is 330 g/mol. The molecule has 25 heavy (non-hydrogen) atoms. The molecule has 4 heteroatoms. The molecule has 1 heterocycles. The van der Waals surface area contributed by atoms with Crippen LogP contribution >= 0.6 is 11.8 Å². The number of thioether (sulfide) groups is 1. The molecule has 2 aromatic rings. The highest BCUT2D eigenvalue weighted by atomic mass is 32.2. The SMILES string of the molecule is CCSc1ccccc1C(=O)N[C@H]1CC(C)(C)Oc2cc(C)ccc21. The highest BCUT2D eigenvalue weighted by molar-refractivity contribution is 7.99.